The number of nitrogens with zero attached hydrogens (tertiary/aromatic N) is 1. The Balaban J connectivity index is 2.05. The highest BCUT2D eigenvalue weighted by Gasteiger charge is 2.13. The van der Waals surface area contributed by atoms with E-state index in [9.17, 15) is 30.5 Å². The van der Waals surface area contributed by atoms with Crippen molar-refractivity contribution in [2.75, 3.05) is 6.61 Å². The summed E-state index contributed by atoms with van der Waals surface area (Å²) in [6.45, 7) is -0.335. The predicted octanol–water partition coefficient (Wildman–Crippen LogP) is 3.68. The first-order valence-electron chi connectivity index (χ1n) is 8.44. The van der Waals surface area contributed by atoms with Crippen LogP contribution >= 0.6 is 15.9 Å². The van der Waals surface area contributed by atoms with Gasteiger partial charge < -0.3 is 20.4 Å². The Kier molecular flexibility index (Phi) is 7.92. The highest BCUT2D eigenvalue weighted by atomic mass is 79.9. The quantitative estimate of drug-likeness (QED) is 0.276. The van der Waals surface area contributed by atoms with Crippen LogP contribution in [0.25, 0.3) is 0 Å². The van der Waals surface area contributed by atoms with Gasteiger partial charge in [-0.1, -0.05) is 15.9 Å². The monoisotopic (exact) mass is 449 g/mol. The lowest BCUT2D eigenvalue weighted by molar-refractivity contribution is -0.384. The summed E-state index contributed by atoms with van der Waals surface area (Å²) in [6, 6.07) is 10.3. The molecule has 0 aromatic heterocycles. The van der Waals surface area contributed by atoms with Crippen LogP contribution in [0.3, 0.4) is 0 Å². The molecular weight excluding hydrogens is 430 g/mol. The third kappa shape index (κ3) is 6.02. The normalized spacial score (nSPS) is 12.7. The number of aliphatic hydroxyl groups is 3. The Morgan fingerprint density at radius 3 is 2.46 bits per heavy atom. The molecule has 0 heterocycles. The van der Waals surface area contributed by atoms with E-state index in [0.717, 1.165) is 4.47 Å². The van der Waals surface area contributed by atoms with Crippen LogP contribution in [0.15, 0.2) is 64.3 Å². The molecule has 0 saturated heterocycles. The van der Waals surface area contributed by atoms with Crippen LogP contribution in [-0.4, -0.2) is 32.0 Å². The molecule has 0 unspecified atom stereocenters. The third-order valence-corrected chi connectivity index (χ3v) is 4.61. The molecule has 0 saturated carbocycles. The molecule has 7 nitrogen and oxygen atoms in total. The molecule has 0 bridgehead atoms. The standard InChI is InChI=1S/C20H20BrNO6/c21-15-6-9-19(25)17(11-15)18(24)3-1-2-13(12-23)10-20(26)14-4-7-16(8-5-14)22(27)28/h1,4-9,11,18,20,23-26H,3,10,12H2/t2?,18-,20-/m1/s1. The number of benzene rings is 2. The average molecular weight is 450 g/mol. The van der Waals surface area contributed by atoms with Crippen molar-refractivity contribution in [3.05, 3.63) is 85.6 Å². The Bertz CT molecular complexity index is 890. The fraction of sp³-hybridized carbons (Fsp3) is 0.250. The number of aromatic hydroxyl groups is 1. The molecule has 148 valence electrons. The minimum Gasteiger partial charge on any atom is -0.508 e. The summed E-state index contributed by atoms with van der Waals surface area (Å²) in [6.07, 6.45) is -0.143. The predicted molar refractivity (Wildman–Crippen MR) is 107 cm³/mol. The molecule has 0 fully saturated rings. The summed E-state index contributed by atoms with van der Waals surface area (Å²) < 4.78 is 0.723. The summed E-state index contributed by atoms with van der Waals surface area (Å²) in [5.41, 5.74) is 4.05. The lowest BCUT2D eigenvalue weighted by atomic mass is 10.0. The first-order chi connectivity index (χ1) is 13.3. The second-order valence-corrected chi connectivity index (χ2v) is 7.05. The number of halogens is 1. The molecule has 2 rings (SSSR count). The topological polar surface area (TPSA) is 124 Å². The lowest BCUT2D eigenvalue weighted by Crippen LogP contribution is -2.02. The maximum absolute atomic E-state index is 10.7. The summed E-state index contributed by atoms with van der Waals surface area (Å²) in [7, 11) is 0. The van der Waals surface area contributed by atoms with Crippen molar-refractivity contribution < 1.29 is 25.3 Å². The fourth-order valence-electron chi connectivity index (χ4n) is 2.57. The van der Waals surface area contributed by atoms with Crippen LogP contribution in [-0.2, 0) is 0 Å². The second kappa shape index (κ2) is 10.2. The van der Waals surface area contributed by atoms with Crippen molar-refractivity contribution in [1.29, 1.82) is 0 Å². The van der Waals surface area contributed by atoms with Crippen molar-refractivity contribution in [2.24, 2.45) is 0 Å². The van der Waals surface area contributed by atoms with Gasteiger partial charge in [0.1, 0.15) is 5.75 Å². The van der Waals surface area contributed by atoms with Gasteiger partial charge in [-0.05, 0) is 47.5 Å². The molecular formula is C20H20BrNO6. The molecule has 0 aliphatic carbocycles. The van der Waals surface area contributed by atoms with Gasteiger partial charge in [-0.2, -0.15) is 0 Å². The highest BCUT2D eigenvalue weighted by Crippen LogP contribution is 2.29. The smallest absolute Gasteiger partial charge is 0.269 e. The van der Waals surface area contributed by atoms with Gasteiger partial charge in [-0.25, -0.2) is 0 Å². The van der Waals surface area contributed by atoms with Crippen molar-refractivity contribution in [3.63, 3.8) is 0 Å². The van der Waals surface area contributed by atoms with E-state index in [1.54, 1.807) is 12.1 Å². The molecule has 0 radical (unpaired) electrons. The van der Waals surface area contributed by atoms with E-state index in [2.05, 4.69) is 21.7 Å². The maximum atomic E-state index is 10.7. The van der Waals surface area contributed by atoms with E-state index >= 15 is 0 Å². The van der Waals surface area contributed by atoms with Crippen LogP contribution in [0.1, 0.15) is 36.2 Å². The van der Waals surface area contributed by atoms with E-state index in [1.165, 1.54) is 36.4 Å². The summed E-state index contributed by atoms with van der Waals surface area (Å²) in [5.74, 6) is -0.0240. The SMILES string of the molecule is O=[N+]([O-])c1ccc([C@H](O)CC(=C=CC[C@@H](O)c2cc(Br)ccc2O)CO)cc1. The molecule has 8 heteroatoms. The number of nitro benzene ring substituents is 1. The molecule has 0 spiro atoms. The largest absolute Gasteiger partial charge is 0.508 e. The number of hydrogen-bond donors (Lipinski definition) is 4. The molecule has 2 aromatic carbocycles. The molecule has 0 amide bonds. The zero-order valence-corrected chi connectivity index (χ0v) is 16.4. The van der Waals surface area contributed by atoms with Crippen molar-refractivity contribution in [3.8, 4) is 5.75 Å². The van der Waals surface area contributed by atoms with Crippen molar-refractivity contribution in [2.45, 2.75) is 25.0 Å². The van der Waals surface area contributed by atoms with E-state index in [4.69, 9.17) is 0 Å². The first-order valence-corrected chi connectivity index (χ1v) is 9.23. The van der Waals surface area contributed by atoms with Gasteiger partial charge in [0.25, 0.3) is 5.69 Å². The molecule has 0 aliphatic rings. The van der Waals surface area contributed by atoms with Crippen molar-refractivity contribution in [1.82, 2.24) is 0 Å². The van der Waals surface area contributed by atoms with Crippen LogP contribution < -0.4 is 0 Å². The number of non-ortho nitro benzene ring substituents is 1. The average Bonchev–Trinajstić information content (AvgIpc) is 2.68. The number of aliphatic hydroxyl groups excluding tert-OH is 3. The minimum absolute atomic E-state index is 0.0240. The summed E-state index contributed by atoms with van der Waals surface area (Å²) in [4.78, 5) is 10.2. The van der Waals surface area contributed by atoms with Crippen LogP contribution in [0, 0.1) is 10.1 Å². The van der Waals surface area contributed by atoms with Crippen LogP contribution in [0.2, 0.25) is 0 Å². The third-order valence-electron chi connectivity index (χ3n) is 4.12. The highest BCUT2D eigenvalue weighted by molar-refractivity contribution is 9.10. The van der Waals surface area contributed by atoms with Gasteiger partial charge in [0, 0.05) is 35.0 Å². The van der Waals surface area contributed by atoms with Crippen LogP contribution in [0.4, 0.5) is 5.69 Å². The van der Waals surface area contributed by atoms with Gasteiger partial charge in [0.15, 0.2) is 0 Å². The lowest BCUT2D eigenvalue weighted by Gasteiger charge is -2.12. The molecule has 2 aromatic rings. The maximum Gasteiger partial charge on any atom is 0.269 e. The Hall–Kier alpha value is -2.48. The van der Waals surface area contributed by atoms with Crippen molar-refractivity contribution >= 4 is 21.6 Å². The van der Waals surface area contributed by atoms with E-state index in [0.29, 0.717) is 16.7 Å². The van der Waals surface area contributed by atoms with Gasteiger partial charge in [0.2, 0.25) is 0 Å². The zero-order chi connectivity index (χ0) is 20.7. The van der Waals surface area contributed by atoms with Crippen LogP contribution in [0.5, 0.6) is 5.75 Å². The van der Waals surface area contributed by atoms with Gasteiger partial charge in [0.05, 0.1) is 23.7 Å². The number of nitro groups is 1. The van der Waals surface area contributed by atoms with Gasteiger partial charge >= 0.3 is 0 Å². The Morgan fingerprint density at radius 2 is 1.86 bits per heavy atom. The Morgan fingerprint density at radius 1 is 1.18 bits per heavy atom. The van der Waals surface area contributed by atoms with E-state index in [-0.39, 0.29) is 30.9 Å². The first kappa shape index (κ1) is 21.8. The zero-order valence-electron chi connectivity index (χ0n) is 14.8. The number of hydrogen-bond acceptors (Lipinski definition) is 6. The second-order valence-electron chi connectivity index (χ2n) is 6.13. The fourth-order valence-corrected chi connectivity index (χ4v) is 2.95. The summed E-state index contributed by atoms with van der Waals surface area (Å²) >= 11 is 3.28. The molecule has 4 N–H and O–H groups in total. The molecule has 28 heavy (non-hydrogen) atoms. The number of phenolic OH excluding ortho intramolecular Hbond substituents is 1. The molecule has 2 atom stereocenters. The Labute approximate surface area is 170 Å². The van der Waals surface area contributed by atoms with Gasteiger partial charge in [-0.15, -0.1) is 5.73 Å². The number of phenols is 1. The minimum atomic E-state index is -0.956. The molecule has 0 aliphatic heterocycles. The van der Waals surface area contributed by atoms with E-state index < -0.39 is 17.1 Å². The van der Waals surface area contributed by atoms with Gasteiger partial charge in [-0.3, -0.25) is 10.1 Å². The number of rotatable bonds is 8. The van der Waals surface area contributed by atoms with E-state index in [1.807, 2.05) is 0 Å². The summed E-state index contributed by atoms with van der Waals surface area (Å²) in [5, 5.41) is 50.4.